The van der Waals surface area contributed by atoms with Gasteiger partial charge in [0.05, 0.1) is 11.8 Å². The maximum atomic E-state index is 6.03. The number of aryl methyl sites for hydroxylation is 2. The average Bonchev–Trinajstić information content (AvgIpc) is 2.88. The van der Waals surface area contributed by atoms with Crippen molar-refractivity contribution in [1.29, 1.82) is 0 Å². The van der Waals surface area contributed by atoms with Gasteiger partial charge in [0.25, 0.3) is 0 Å². The molecule has 0 aliphatic carbocycles. The number of aromatic nitrogens is 2. The van der Waals surface area contributed by atoms with E-state index in [2.05, 4.69) is 47.7 Å². The Kier molecular flexibility index (Phi) is 3.42. The second-order valence-corrected chi connectivity index (χ2v) is 4.94. The zero-order valence-corrected chi connectivity index (χ0v) is 11.8. The normalized spacial score (nSPS) is 10.9. The van der Waals surface area contributed by atoms with Gasteiger partial charge in [-0.15, -0.1) is 0 Å². The monoisotopic (exact) mass is 266 g/mol. The zero-order valence-electron chi connectivity index (χ0n) is 11.8. The lowest BCUT2D eigenvalue weighted by molar-refractivity contribution is 0.308. The fourth-order valence-corrected chi connectivity index (χ4v) is 2.39. The molecule has 0 saturated carbocycles. The molecule has 0 bridgehead atoms. The van der Waals surface area contributed by atoms with Crippen LogP contribution in [0.4, 0.5) is 0 Å². The Morgan fingerprint density at radius 1 is 1.15 bits per heavy atom. The minimum Gasteiger partial charge on any atom is -0.487 e. The number of hydrogen-bond acceptors (Lipinski definition) is 2. The number of benzene rings is 2. The minimum atomic E-state index is 0.578. The highest BCUT2D eigenvalue weighted by Gasteiger charge is 2.09. The number of nitrogens with zero attached hydrogens (tertiary/aromatic N) is 2. The van der Waals surface area contributed by atoms with Crippen molar-refractivity contribution in [3.63, 3.8) is 0 Å². The van der Waals surface area contributed by atoms with Gasteiger partial charge in [-0.05, 0) is 37.1 Å². The van der Waals surface area contributed by atoms with Crippen molar-refractivity contribution in [2.45, 2.75) is 27.0 Å². The summed E-state index contributed by atoms with van der Waals surface area (Å²) in [6.45, 7) is 5.65. The molecular weight excluding hydrogens is 248 g/mol. The third kappa shape index (κ3) is 2.39. The number of hydrogen-bond donors (Lipinski definition) is 0. The van der Waals surface area contributed by atoms with Crippen LogP contribution < -0.4 is 4.74 Å². The molecule has 20 heavy (non-hydrogen) atoms. The topological polar surface area (TPSA) is 27.1 Å². The van der Waals surface area contributed by atoms with Crippen LogP contribution in [0.15, 0.2) is 48.8 Å². The first-order valence-electron chi connectivity index (χ1n) is 6.90. The van der Waals surface area contributed by atoms with E-state index in [4.69, 9.17) is 4.74 Å². The van der Waals surface area contributed by atoms with Gasteiger partial charge in [-0.2, -0.15) is 0 Å². The van der Waals surface area contributed by atoms with Crippen LogP contribution in [0.2, 0.25) is 0 Å². The Hall–Kier alpha value is -2.29. The molecule has 0 amide bonds. The van der Waals surface area contributed by atoms with Crippen LogP contribution in [-0.4, -0.2) is 9.55 Å². The standard InChI is InChI=1S/C17H18N2O/c1-3-19-12-18-15-9-13(2)10-16(17(15)19)20-11-14-7-5-4-6-8-14/h4-10,12H,3,11H2,1-2H3. The van der Waals surface area contributed by atoms with Crippen molar-refractivity contribution in [2.24, 2.45) is 0 Å². The maximum absolute atomic E-state index is 6.03. The first-order valence-corrected chi connectivity index (χ1v) is 6.90. The molecule has 0 N–H and O–H groups in total. The smallest absolute Gasteiger partial charge is 0.145 e. The van der Waals surface area contributed by atoms with Gasteiger partial charge in [0.1, 0.15) is 17.9 Å². The molecule has 3 heteroatoms. The molecule has 3 aromatic rings. The predicted octanol–water partition coefficient (Wildman–Crippen LogP) is 3.94. The first kappa shape index (κ1) is 12.7. The quantitative estimate of drug-likeness (QED) is 0.715. The molecule has 0 saturated heterocycles. The number of fused-ring (bicyclic) bond motifs is 1. The Morgan fingerprint density at radius 3 is 2.70 bits per heavy atom. The molecule has 3 rings (SSSR count). The van der Waals surface area contributed by atoms with Gasteiger partial charge in [-0.25, -0.2) is 4.98 Å². The van der Waals surface area contributed by atoms with E-state index in [1.807, 2.05) is 24.5 Å². The fraction of sp³-hybridized carbons (Fsp3) is 0.235. The Labute approximate surface area is 118 Å². The van der Waals surface area contributed by atoms with Crippen molar-refractivity contribution in [1.82, 2.24) is 9.55 Å². The molecule has 1 heterocycles. The van der Waals surface area contributed by atoms with E-state index in [0.29, 0.717) is 6.61 Å². The first-order chi connectivity index (χ1) is 9.78. The minimum absolute atomic E-state index is 0.578. The van der Waals surface area contributed by atoms with Crippen LogP contribution in [-0.2, 0) is 13.2 Å². The third-order valence-electron chi connectivity index (χ3n) is 3.40. The molecule has 3 nitrogen and oxygen atoms in total. The molecule has 0 aliphatic heterocycles. The van der Waals surface area contributed by atoms with Crippen molar-refractivity contribution in [2.75, 3.05) is 0 Å². The number of imidazole rings is 1. The molecule has 0 aliphatic rings. The van der Waals surface area contributed by atoms with E-state index in [1.165, 1.54) is 11.1 Å². The summed E-state index contributed by atoms with van der Waals surface area (Å²) in [5.41, 5.74) is 4.41. The molecule has 0 radical (unpaired) electrons. The van der Waals surface area contributed by atoms with Gasteiger partial charge in [0.15, 0.2) is 0 Å². The number of rotatable bonds is 4. The lowest BCUT2D eigenvalue weighted by Gasteiger charge is -2.10. The summed E-state index contributed by atoms with van der Waals surface area (Å²) in [5, 5.41) is 0. The van der Waals surface area contributed by atoms with Gasteiger partial charge in [0.2, 0.25) is 0 Å². The number of ether oxygens (including phenoxy) is 1. The lowest BCUT2D eigenvalue weighted by Crippen LogP contribution is -1.99. The summed E-state index contributed by atoms with van der Waals surface area (Å²) in [6, 6.07) is 14.4. The summed E-state index contributed by atoms with van der Waals surface area (Å²) in [7, 11) is 0. The third-order valence-corrected chi connectivity index (χ3v) is 3.40. The molecule has 2 aromatic carbocycles. The average molecular weight is 266 g/mol. The Balaban J connectivity index is 1.95. The van der Waals surface area contributed by atoms with Gasteiger partial charge in [-0.1, -0.05) is 30.3 Å². The molecule has 0 atom stereocenters. The summed E-state index contributed by atoms with van der Waals surface area (Å²) >= 11 is 0. The van der Waals surface area contributed by atoms with Crippen molar-refractivity contribution >= 4 is 11.0 Å². The highest BCUT2D eigenvalue weighted by molar-refractivity contribution is 5.83. The van der Waals surface area contributed by atoms with Crippen LogP contribution in [0.5, 0.6) is 5.75 Å². The van der Waals surface area contributed by atoms with E-state index < -0.39 is 0 Å². The fourth-order valence-electron chi connectivity index (χ4n) is 2.39. The van der Waals surface area contributed by atoms with Crippen LogP contribution in [0.25, 0.3) is 11.0 Å². The van der Waals surface area contributed by atoms with Gasteiger partial charge in [0, 0.05) is 6.54 Å². The van der Waals surface area contributed by atoms with E-state index in [9.17, 15) is 0 Å². The van der Waals surface area contributed by atoms with Gasteiger partial charge in [-0.3, -0.25) is 0 Å². The largest absolute Gasteiger partial charge is 0.487 e. The maximum Gasteiger partial charge on any atom is 0.145 e. The molecule has 0 fully saturated rings. The van der Waals surface area contributed by atoms with Crippen molar-refractivity contribution in [3.05, 3.63) is 59.9 Å². The zero-order chi connectivity index (χ0) is 13.9. The summed E-state index contributed by atoms with van der Waals surface area (Å²) in [5.74, 6) is 0.906. The summed E-state index contributed by atoms with van der Waals surface area (Å²) in [4.78, 5) is 4.45. The predicted molar refractivity (Wildman–Crippen MR) is 80.9 cm³/mol. The van der Waals surface area contributed by atoms with Crippen molar-refractivity contribution in [3.8, 4) is 5.75 Å². The lowest BCUT2D eigenvalue weighted by atomic mass is 10.2. The highest BCUT2D eigenvalue weighted by Crippen LogP contribution is 2.27. The summed E-state index contributed by atoms with van der Waals surface area (Å²) < 4.78 is 8.15. The Bertz CT molecular complexity index is 716. The molecule has 1 aromatic heterocycles. The molecular formula is C17H18N2O. The second kappa shape index (κ2) is 5.37. The molecule has 102 valence electrons. The Morgan fingerprint density at radius 2 is 1.95 bits per heavy atom. The van der Waals surface area contributed by atoms with Crippen LogP contribution >= 0.6 is 0 Å². The van der Waals surface area contributed by atoms with E-state index in [1.54, 1.807) is 0 Å². The van der Waals surface area contributed by atoms with Crippen LogP contribution in [0.1, 0.15) is 18.1 Å². The van der Waals surface area contributed by atoms with Crippen molar-refractivity contribution < 1.29 is 4.74 Å². The molecule has 0 spiro atoms. The highest BCUT2D eigenvalue weighted by atomic mass is 16.5. The van der Waals surface area contributed by atoms with Crippen LogP contribution in [0.3, 0.4) is 0 Å². The second-order valence-electron chi connectivity index (χ2n) is 4.94. The van der Waals surface area contributed by atoms with E-state index in [0.717, 1.165) is 23.3 Å². The van der Waals surface area contributed by atoms with Gasteiger partial charge >= 0.3 is 0 Å². The summed E-state index contributed by atoms with van der Waals surface area (Å²) in [6.07, 6.45) is 1.87. The SMILES string of the molecule is CCn1cnc2cc(C)cc(OCc3ccccc3)c21. The van der Waals surface area contributed by atoms with Crippen LogP contribution in [0, 0.1) is 6.92 Å². The van der Waals surface area contributed by atoms with E-state index >= 15 is 0 Å². The van der Waals surface area contributed by atoms with Gasteiger partial charge < -0.3 is 9.30 Å². The molecule has 0 unspecified atom stereocenters. The van der Waals surface area contributed by atoms with E-state index in [-0.39, 0.29) is 0 Å².